The Morgan fingerprint density at radius 3 is 2.59 bits per heavy atom. The van der Waals surface area contributed by atoms with Crippen LogP contribution in [0.15, 0.2) is 22.6 Å². The molecule has 1 aromatic rings. The summed E-state index contributed by atoms with van der Waals surface area (Å²) in [6.45, 7) is 5.41. The van der Waals surface area contributed by atoms with E-state index >= 15 is 0 Å². The van der Waals surface area contributed by atoms with Crippen LogP contribution in [0.3, 0.4) is 0 Å². The molecular weight excluding hydrogens is 241 g/mol. The van der Waals surface area contributed by atoms with Crippen molar-refractivity contribution in [1.82, 2.24) is 0 Å². The van der Waals surface area contributed by atoms with Crippen molar-refractivity contribution in [3.05, 3.63) is 29.6 Å². The highest BCUT2D eigenvalue weighted by molar-refractivity contribution is 7.85. The molecule has 0 amide bonds. The maximum absolute atomic E-state index is 13.5. The summed E-state index contributed by atoms with van der Waals surface area (Å²) in [5.41, 5.74) is 0.215. The van der Waals surface area contributed by atoms with E-state index in [0.29, 0.717) is 5.75 Å². The van der Waals surface area contributed by atoms with Gasteiger partial charge in [0.15, 0.2) is 0 Å². The van der Waals surface area contributed by atoms with Gasteiger partial charge in [-0.3, -0.25) is 0 Å². The van der Waals surface area contributed by atoms with E-state index in [-0.39, 0.29) is 5.56 Å². The van der Waals surface area contributed by atoms with Gasteiger partial charge < -0.3 is 4.74 Å². The summed E-state index contributed by atoms with van der Waals surface area (Å²) in [6, 6.07) is 4.49. The topological polar surface area (TPSA) is 38.7 Å². The van der Waals surface area contributed by atoms with E-state index in [2.05, 4.69) is 4.40 Å². The predicted molar refractivity (Wildman–Crippen MR) is 68.4 cm³/mol. The van der Waals surface area contributed by atoms with Crippen molar-refractivity contribution in [3.63, 3.8) is 0 Å². The van der Waals surface area contributed by atoms with E-state index in [1.165, 1.54) is 19.4 Å². The first-order valence-electron chi connectivity index (χ1n) is 5.15. The molecular formula is C12H16FNO2S. The molecule has 0 heterocycles. The van der Waals surface area contributed by atoms with Crippen LogP contribution in [0.1, 0.15) is 26.3 Å². The van der Waals surface area contributed by atoms with Crippen molar-refractivity contribution in [3.8, 4) is 5.75 Å². The molecule has 94 valence electrons. The van der Waals surface area contributed by atoms with Gasteiger partial charge in [-0.1, -0.05) is 6.07 Å². The number of rotatable bonds is 3. The Morgan fingerprint density at radius 1 is 1.41 bits per heavy atom. The van der Waals surface area contributed by atoms with E-state index in [0.717, 1.165) is 0 Å². The Bertz CT molecular complexity index is 452. The van der Waals surface area contributed by atoms with Gasteiger partial charge in [0, 0.05) is 0 Å². The third kappa shape index (κ3) is 3.63. The second-order valence-corrected chi connectivity index (χ2v) is 6.39. The Labute approximate surface area is 103 Å². The van der Waals surface area contributed by atoms with E-state index in [9.17, 15) is 8.60 Å². The summed E-state index contributed by atoms with van der Waals surface area (Å²) in [6.07, 6.45) is 1.26. The molecule has 0 aliphatic carbocycles. The second kappa shape index (κ2) is 5.40. The minimum Gasteiger partial charge on any atom is -0.496 e. The normalized spacial score (nSPS) is 13.9. The van der Waals surface area contributed by atoms with Gasteiger partial charge in [-0.2, -0.15) is 4.40 Å². The first kappa shape index (κ1) is 13.8. The van der Waals surface area contributed by atoms with Gasteiger partial charge in [-0.15, -0.1) is 0 Å². The Balaban J connectivity index is 3.03. The largest absolute Gasteiger partial charge is 0.496 e. The molecule has 0 radical (unpaired) electrons. The summed E-state index contributed by atoms with van der Waals surface area (Å²) < 4.78 is 33.6. The van der Waals surface area contributed by atoms with Crippen molar-refractivity contribution in [1.29, 1.82) is 0 Å². The van der Waals surface area contributed by atoms with Crippen molar-refractivity contribution in [2.24, 2.45) is 4.40 Å². The van der Waals surface area contributed by atoms with Crippen molar-refractivity contribution in [2.45, 2.75) is 25.5 Å². The zero-order valence-corrected chi connectivity index (χ0v) is 11.2. The molecule has 0 unspecified atom stereocenters. The summed E-state index contributed by atoms with van der Waals surface area (Å²) in [5, 5.41) is 0. The molecule has 1 atom stereocenters. The molecule has 3 nitrogen and oxygen atoms in total. The minimum atomic E-state index is -1.41. The molecule has 0 fully saturated rings. The third-order valence-electron chi connectivity index (χ3n) is 2.03. The summed E-state index contributed by atoms with van der Waals surface area (Å²) in [4.78, 5) is 0. The summed E-state index contributed by atoms with van der Waals surface area (Å²) in [5.74, 6) is -0.0707. The zero-order chi connectivity index (χ0) is 13.1. The van der Waals surface area contributed by atoms with Crippen LogP contribution >= 0.6 is 0 Å². The van der Waals surface area contributed by atoms with Crippen LogP contribution < -0.4 is 4.74 Å². The van der Waals surface area contributed by atoms with Crippen LogP contribution in [-0.4, -0.2) is 22.3 Å². The fourth-order valence-corrected chi connectivity index (χ4v) is 1.60. The monoisotopic (exact) mass is 257 g/mol. The van der Waals surface area contributed by atoms with Gasteiger partial charge in [-0.25, -0.2) is 8.60 Å². The standard InChI is InChI=1S/C12H16FNO2S/c1-12(2,3)17(15)14-8-9-10(13)6-5-7-11(9)16-4/h5-8H,1-4H3/t17-/m1/s1. The zero-order valence-electron chi connectivity index (χ0n) is 10.4. The van der Waals surface area contributed by atoms with Crippen LogP contribution in [0.5, 0.6) is 5.75 Å². The average Bonchev–Trinajstić information content (AvgIpc) is 2.25. The lowest BCUT2D eigenvalue weighted by molar-refractivity contribution is 0.410. The molecule has 17 heavy (non-hydrogen) atoms. The van der Waals surface area contributed by atoms with E-state index in [4.69, 9.17) is 4.74 Å². The van der Waals surface area contributed by atoms with Crippen LogP contribution in [-0.2, 0) is 11.0 Å². The van der Waals surface area contributed by atoms with Gasteiger partial charge in [0.1, 0.15) is 22.6 Å². The third-order valence-corrected chi connectivity index (χ3v) is 3.38. The summed E-state index contributed by atoms with van der Waals surface area (Å²) >= 11 is 0. The lowest BCUT2D eigenvalue weighted by Crippen LogP contribution is -2.19. The molecule has 0 bridgehead atoms. The van der Waals surface area contributed by atoms with Crippen molar-refractivity contribution >= 4 is 17.2 Å². The maximum Gasteiger partial charge on any atom is 0.144 e. The summed E-state index contributed by atoms with van der Waals surface area (Å²) in [7, 11) is 0.0421. The molecule has 5 heteroatoms. The van der Waals surface area contributed by atoms with Crippen molar-refractivity contribution < 1.29 is 13.3 Å². The minimum absolute atomic E-state index is 0.215. The molecule has 0 saturated carbocycles. The first-order chi connectivity index (χ1) is 7.86. The number of hydrogen-bond donors (Lipinski definition) is 0. The molecule has 1 aromatic carbocycles. The smallest absolute Gasteiger partial charge is 0.144 e. The molecule has 0 aliphatic heterocycles. The molecule has 0 aromatic heterocycles. The highest BCUT2D eigenvalue weighted by Gasteiger charge is 2.18. The Hall–Kier alpha value is -1.23. The Morgan fingerprint density at radius 2 is 2.06 bits per heavy atom. The second-order valence-electron chi connectivity index (χ2n) is 4.45. The molecule has 1 rings (SSSR count). The predicted octanol–water partition coefficient (Wildman–Crippen LogP) is 2.72. The van der Waals surface area contributed by atoms with Crippen LogP contribution in [0.2, 0.25) is 0 Å². The fourth-order valence-electron chi connectivity index (χ4n) is 1.08. The highest BCUT2D eigenvalue weighted by Crippen LogP contribution is 2.20. The van der Waals surface area contributed by atoms with Gasteiger partial charge in [0.25, 0.3) is 0 Å². The number of ether oxygens (including phenoxy) is 1. The molecule has 0 aliphatic rings. The lowest BCUT2D eigenvalue weighted by atomic mass is 10.2. The average molecular weight is 257 g/mol. The number of halogens is 1. The number of methoxy groups -OCH3 is 1. The van der Waals surface area contributed by atoms with E-state index in [1.54, 1.807) is 32.9 Å². The molecule has 0 spiro atoms. The number of benzene rings is 1. The number of nitrogens with zero attached hydrogens (tertiary/aromatic N) is 1. The first-order valence-corrected chi connectivity index (χ1v) is 6.25. The van der Waals surface area contributed by atoms with Gasteiger partial charge in [-0.05, 0) is 32.9 Å². The maximum atomic E-state index is 13.5. The van der Waals surface area contributed by atoms with Gasteiger partial charge in [0.05, 0.1) is 23.6 Å². The molecule has 0 N–H and O–H groups in total. The lowest BCUT2D eigenvalue weighted by Gasteiger charge is -2.13. The van der Waals surface area contributed by atoms with Crippen LogP contribution in [0.4, 0.5) is 4.39 Å². The fraction of sp³-hybridized carbons (Fsp3) is 0.417. The van der Waals surface area contributed by atoms with Crippen LogP contribution in [0, 0.1) is 5.82 Å². The highest BCUT2D eigenvalue weighted by atomic mass is 32.2. The Kier molecular flexibility index (Phi) is 4.40. The van der Waals surface area contributed by atoms with E-state index < -0.39 is 21.5 Å². The number of hydrogen-bond acceptors (Lipinski definition) is 2. The van der Waals surface area contributed by atoms with Gasteiger partial charge in [0.2, 0.25) is 0 Å². The SMILES string of the molecule is COc1cccc(F)c1C=N[S@](=O)C(C)(C)C. The van der Waals surface area contributed by atoms with E-state index in [1.807, 2.05) is 0 Å². The quantitative estimate of drug-likeness (QED) is 0.781. The van der Waals surface area contributed by atoms with Crippen molar-refractivity contribution in [2.75, 3.05) is 7.11 Å². The van der Waals surface area contributed by atoms with Gasteiger partial charge >= 0.3 is 0 Å². The molecule has 0 saturated heterocycles. The van der Waals surface area contributed by atoms with Crippen LogP contribution in [0.25, 0.3) is 0 Å².